The summed E-state index contributed by atoms with van der Waals surface area (Å²) in [7, 11) is 0. The van der Waals surface area contributed by atoms with E-state index in [1.165, 1.54) is 0 Å². The van der Waals surface area contributed by atoms with E-state index in [-0.39, 0.29) is 13.2 Å². The van der Waals surface area contributed by atoms with Crippen LogP contribution >= 0.6 is 0 Å². The van der Waals surface area contributed by atoms with Gasteiger partial charge in [-0.3, -0.25) is 0 Å². The summed E-state index contributed by atoms with van der Waals surface area (Å²) < 4.78 is 21.4. The molecule has 0 bridgehead atoms. The molecule has 2 aliphatic rings. The molecule has 9 atom stereocenters. The van der Waals surface area contributed by atoms with Gasteiger partial charge in [0.1, 0.15) is 42.7 Å². The molecule has 0 saturated carbocycles. The molecule has 2 rings (SSSR count). The minimum Gasteiger partial charge on any atom is -0.388 e. The maximum atomic E-state index is 10.1. The van der Waals surface area contributed by atoms with Crippen molar-refractivity contribution in [2.45, 2.75) is 87.9 Å². The van der Waals surface area contributed by atoms with Gasteiger partial charge < -0.3 is 49.6 Å². The van der Waals surface area contributed by atoms with Crippen molar-refractivity contribution in [3.8, 4) is 0 Å². The zero-order valence-electron chi connectivity index (χ0n) is 15.5. The molecule has 160 valence electrons. The molecule has 0 spiro atoms. The van der Waals surface area contributed by atoms with Crippen molar-refractivity contribution in [1.82, 2.24) is 0 Å². The molecule has 0 radical (unpaired) electrons. The second-order valence-corrected chi connectivity index (χ2v) is 7.03. The number of hydrogen-bond acceptors (Lipinski definition) is 10. The van der Waals surface area contributed by atoms with Gasteiger partial charge in [-0.2, -0.15) is 0 Å². The van der Waals surface area contributed by atoms with Crippen LogP contribution in [-0.2, 0) is 18.9 Å². The Balaban J connectivity index is 1.83. The van der Waals surface area contributed by atoms with Gasteiger partial charge in [-0.1, -0.05) is 26.2 Å². The minimum absolute atomic E-state index is 0.220. The van der Waals surface area contributed by atoms with Crippen LogP contribution < -0.4 is 0 Å². The summed E-state index contributed by atoms with van der Waals surface area (Å²) in [5, 5.41) is 59.1. The lowest BCUT2D eigenvalue weighted by Gasteiger charge is -2.41. The van der Waals surface area contributed by atoms with E-state index in [2.05, 4.69) is 6.92 Å². The Kier molecular flexibility index (Phi) is 9.29. The van der Waals surface area contributed by atoms with Crippen molar-refractivity contribution in [3.63, 3.8) is 0 Å². The van der Waals surface area contributed by atoms with Crippen LogP contribution in [-0.4, -0.2) is 106 Å². The lowest BCUT2D eigenvalue weighted by atomic mass is 9.99. The van der Waals surface area contributed by atoms with E-state index >= 15 is 0 Å². The predicted octanol–water partition coefficient (Wildman–Crippen LogP) is -2.15. The number of aliphatic hydroxyl groups excluding tert-OH is 6. The molecule has 0 aromatic heterocycles. The van der Waals surface area contributed by atoms with Crippen LogP contribution in [0.25, 0.3) is 0 Å². The zero-order valence-corrected chi connectivity index (χ0v) is 15.5. The number of rotatable bonds is 9. The van der Waals surface area contributed by atoms with Crippen molar-refractivity contribution in [2.24, 2.45) is 0 Å². The predicted molar refractivity (Wildman–Crippen MR) is 90.5 cm³/mol. The summed E-state index contributed by atoms with van der Waals surface area (Å²) in [6.45, 7) is 1.92. The molecule has 0 amide bonds. The lowest BCUT2D eigenvalue weighted by molar-refractivity contribution is -0.320. The Bertz CT molecular complexity index is 425. The second kappa shape index (κ2) is 11.0. The molecule has 6 N–H and O–H groups in total. The van der Waals surface area contributed by atoms with Crippen LogP contribution in [0.4, 0.5) is 0 Å². The number of hydrogen-bond donors (Lipinski definition) is 6. The zero-order chi connectivity index (χ0) is 20.0. The van der Waals surface area contributed by atoms with Crippen LogP contribution in [0, 0.1) is 0 Å². The number of aliphatic hydroxyl groups is 6. The van der Waals surface area contributed by atoms with E-state index in [4.69, 9.17) is 18.9 Å². The Morgan fingerprint density at radius 1 is 0.778 bits per heavy atom. The Morgan fingerprint density at radius 3 is 2.19 bits per heavy atom. The maximum absolute atomic E-state index is 10.1. The van der Waals surface area contributed by atoms with E-state index in [0.717, 1.165) is 25.7 Å². The van der Waals surface area contributed by atoms with Gasteiger partial charge in [0.05, 0.1) is 13.2 Å². The molecule has 2 heterocycles. The fourth-order valence-electron chi connectivity index (χ4n) is 3.04. The molecule has 10 nitrogen and oxygen atoms in total. The van der Waals surface area contributed by atoms with E-state index in [1.807, 2.05) is 0 Å². The molecule has 2 saturated heterocycles. The second-order valence-electron chi connectivity index (χ2n) is 7.03. The third-order valence-electron chi connectivity index (χ3n) is 4.83. The number of unbranched alkanes of at least 4 members (excludes halogenated alkanes) is 3. The standard InChI is InChI=1S/C17H32O10/c1-2-3-4-5-6-24-17-15(23)13(21)12(20)10(27-17)8-26-16-14(22)11(19)9(18)7-25-16/h9-23H,2-8H2,1H3/t9-,10-,11-,12-,13+,14-,15-,16-,17-/m0/s1. The molecule has 2 fully saturated rings. The average molecular weight is 396 g/mol. The summed E-state index contributed by atoms with van der Waals surface area (Å²) in [4.78, 5) is 0. The fourth-order valence-corrected chi connectivity index (χ4v) is 3.04. The van der Waals surface area contributed by atoms with Crippen LogP contribution in [0.5, 0.6) is 0 Å². The van der Waals surface area contributed by atoms with Crippen LogP contribution in [0.15, 0.2) is 0 Å². The Labute approximate surface area is 158 Å². The maximum Gasteiger partial charge on any atom is 0.186 e. The molecular formula is C17H32O10. The molecular weight excluding hydrogens is 364 g/mol. The van der Waals surface area contributed by atoms with Gasteiger partial charge in [-0.15, -0.1) is 0 Å². The van der Waals surface area contributed by atoms with Crippen LogP contribution in [0.1, 0.15) is 32.6 Å². The first-order valence-electron chi connectivity index (χ1n) is 9.45. The van der Waals surface area contributed by atoms with Gasteiger partial charge in [-0.05, 0) is 6.42 Å². The van der Waals surface area contributed by atoms with E-state index < -0.39 is 55.3 Å². The van der Waals surface area contributed by atoms with Gasteiger partial charge >= 0.3 is 0 Å². The summed E-state index contributed by atoms with van der Waals surface area (Å²) >= 11 is 0. The third kappa shape index (κ3) is 6.04. The minimum atomic E-state index is -1.49. The molecule has 27 heavy (non-hydrogen) atoms. The van der Waals surface area contributed by atoms with Crippen molar-refractivity contribution < 1.29 is 49.6 Å². The van der Waals surface area contributed by atoms with Crippen molar-refractivity contribution in [1.29, 1.82) is 0 Å². The quantitative estimate of drug-likeness (QED) is 0.237. The smallest absolute Gasteiger partial charge is 0.186 e. The van der Waals surface area contributed by atoms with Gasteiger partial charge in [-0.25, -0.2) is 0 Å². The highest BCUT2D eigenvalue weighted by molar-refractivity contribution is 4.90. The largest absolute Gasteiger partial charge is 0.388 e. The first-order valence-corrected chi connectivity index (χ1v) is 9.45. The lowest BCUT2D eigenvalue weighted by Crippen LogP contribution is -2.60. The first kappa shape index (κ1) is 22.9. The summed E-state index contributed by atoms with van der Waals surface area (Å²) in [5.41, 5.74) is 0. The van der Waals surface area contributed by atoms with E-state index in [0.29, 0.717) is 6.61 Å². The third-order valence-corrected chi connectivity index (χ3v) is 4.83. The highest BCUT2D eigenvalue weighted by Gasteiger charge is 2.45. The average Bonchev–Trinajstić information content (AvgIpc) is 2.66. The molecule has 0 unspecified atom stereocenters. The van der Waals surface area contributed by atoms with Crippen molar-refractivity contribution in [2.75, 3.05) is 19.8 Å². The summed E-state index contributed by atoms with van der Waals surface area (Å²) in [5.74, 6) is 0. The van der Waals surface area contributed by atoms with Gasteiger partial charge in [0.15, 0.2) is 12.6 Å². The van der Waals surface area contributed by atoms with Crippen LogP contribution in [0.2, 0.25) is 0 Å². The monoisotopic (exact) mass is 396 g/mol. The van der Waals surface area contributed by atoms with Crippen molar-refractivity contribution >= 4 is 0 Å². The van der Waals surface area contributed by atoms with Gasteiger partial charge in [0.25, 0.3) is 0 Å². The number of ether oxygens (including phenoxy) is 4. The van der Waals surface area contributed by atoms with E-state index in [9.17, 15) is 30.6 Å². The van der Waals surface area contributed by atoms with Crippen molar-refractivity contribution in [3.05, 3.63) is 0 Å². The molecule has 0 aliphatic carbocycles. The topological polar surface area (TPSA) is 158 Å². The fraction of sp³-hybridized carbons (Fsp3) is 1.00. The highest BCUT2D eigenvalue weighted by Crippen LogP contribution is 2.24. The van der Waals surface area contributed by atoms with Gasteiger partial charge in [0.2, 0.25) is 0 Å². The molecule has 10 heteroatoms. The van der Waals surface area contributed by atoms with Gasteiger partial charge in [0, 0.05) is 6.61 Å². The highest BCUT2D eigenvalue weighted by atomic mass is 16.7. The Morgan fingerprint density at radius 2 is 1.48 bits per heavy atom. The van der Waals surface area contributed by atoms with E-state index in [1.54, 1.807) is 0 Å². The molecule has 2 aliphatic heterocycles. The summed E-state index contributed by atoms with van der Waals surface area (Å²) in [6, 6.07) is 0. The molecule has 0 aromatic carbocycles. The SMILES string of the molecule is CCCCCCO[C@H]1O[C@@H](CO[C@@H]2OC[C@H](O)[C@H](O)[C@@H]2O)[C@H](O)[C@@H](O)[C@@H]1O. The first-order chi connectivity index (χ1) is 12.9. The molecule has 0 aromatic rings. The van der Waals surface area contributed by atoms with Crippen LogP contribution in [0.3, 0.4) is 0 Å². The Hall–Kier alpha value is -0.400. The summed E-state index contributed by atoms with van der Waals surface area (Å²) in [6.07, 6.45) is -7.94. The normalized spacial score (nSPS) is 43.0.